The monoisotopic (exact) mass is 373 g/mol. The molecule has 1 aliphatic rings. The summed E-state index contributed by atoms with van der Waals surface area (Å²) in [4.78, 5) is 15.9. The van der Waals surface area contributed by atoms with Crippen LogP contribution in [-0.2, 0) is 6.54 Å². The summed E-state index contributed by atoms with van der Waals surface area (Å²) in [7, 11) is 0. The number of anilines is 1. The van der Waals surface area contributed by atoms with Gasteiger partial charge in [0.15, 0.2) is 0 Å². The van der Waals surface area contributed by atoms with Crippen LogP contribution in [0.15, 0.2) is 55.0 Å². The number of hydrogen-bond donors (Lipinski definition) is 1. The van der Waals surface area contributed by atoms with E-state index in [9.17, 15) is 0 Å². The molecule has 5 nitrogen and oxygen atoms in total. The van der Waals surface area contributed by atoms with Gasteiger partial charge in [0, 0.05) is 49.4 Å². The van der Waals surface area contributed by atoms with Crippen LogP contribution in [0.3, 0.4) is 0 Å². The average molecular weight is 374 g/mol. The number of aromatic nitrogens is 3. The van der Waals surface area contributed by atoms with Gasteiger partial charge in [-0.1, -0.05) is 24.3 Å². The van der Waals surface area contributed by atoms with E-state index in [0.717, 1.165) is 37.4 Å². The molecule has 1 N–H and O–H groups in total. The minimum atomic E-state index is 0.549. The molecule has 0 saturated carbocycles. The predicted molar refractivity (Wildman–Crippen MR) is 113 cm³/mol. The summed E-state index contributed by atoms with van der Waals surface area (Å²) < 4.78 is 0. The summed E-state index contributed by atoms with van der Waals surface area (Å²) in [6, 6.07) is 12.9. The van der Waals surface area contributed by atoms with Gasteiger partial charge >= 0.3 is 0 Å². The van der Waals surface area contributed by atoms with Gasteiger partial charge in [-0.3, -0.25) is 9.88 Å². The van der Waals surface area contributed by atoms with Crippen LogP contribution in [0.25, 0.3) is 11.3 Å². The normalized spacial score (nSPS) is 17.0. The lowest BCUT2D eigenvalue weighted by Crippen LogP contribution is -2.20. The van der Waals surface area contributed by atoms with Crippen molar-refractivity contribution in [2.75, 3.05) is 25.0 Å². The minimum Gasteiger partial charge on any atom is -0.355 e. The van der Waals surface area contributed by atoms with Crippen molar-refractivity contribution in [3.8, 4) is 11.3 Å². The highest BCUT2D eigenvalue weighted by Gasteiger charge is 2.24. The first-order chi connectivity index (χ1) is 13.7. The van der Waals surface area contributed by atoms with E-state index in [2.05, 4.69) is 68.5 Å². The van der Waals surface area contributed by atoms with E-state index in [4.69, 9.17) is 0 Å². The first kappa shape index (κ1) is 18.6. The third-order valence-electron chi connectivity index (χ3n) is 5.40. The highest BCUT2D eigenvalue weighted by Crippen LogP contribution is 2.30. The minimum absolute atomic E-state index is 0.549. The van der Waals surface area contributed by atoms with Crippen molar-refractivity contribution in [3.05, 3.63) is 71.7 Å². The molecule has 0 bridgehead atoms. The van der Waals surface area contributed by atoms with Gasteiger partial charge in [-0.15, -0.1) is 0 Å². The largest absolute Gasteiger partial charge is 0.355 e. The predicted octanol–water partition coefficient (Wildman–Crippen LogP) is 4.27. The third kappa shape index (κ3) is 4.20. The molecule has 2 aromatic heterocycles. The van der Waals surface area contributed by atoms with Crippen molar-refractivity contribution in [3.63, 3.8) is 0 Å². The van der Waals surface area contributed by atoms with Crippen LogP contribution in [0.1, 0.15) is 36.0 Å². The zero-order valence-electron chi connectivity index (χ0n) is 16.6. The molecule has 1 aliphatic heterocycles. The number of nitrogens with zero attached hydrogens (tertiary/aromatic N) is 4. The molecule has 28 heavy (non-hydrogen) atoms. The van der Waals surface area contributed by atoms with Gasteiger partial charge in [-0.25, -0.2) is 9.97 Å². The fourth-order valence-corrected chi connectivity index (χ4v) is 3.90. The Morgan fingerprint density at radius 2 is 1.93 bits per heavy atom. The van der Waals surface area contributed by atoms with Gasteiger partial charge in [0.25, 0.3) is 0 Å². The topological polar surface area (TPSA) is 53.9 Å². The summed E-state index contributed by atoms with van der Waals surface area (Å²) in [6.07, 6.45) is 6.99. The van der Waals surface area contributed by atoms with Gasteiger partial charge in [-0.2, -0.15) is 0 Å². The van der Waals surface area contributed by atoms with Crippen LogP contribution in [0.5, 0.6) is 0 Å². The van der Waals surface area contributed by atoms with E-state index in [0.29, 0.717) is 11.9 Å². The number of nitrogens with one attached hydrogen (secondary N) is 1. The van der Waals surface area contributed by atoms with E-state index >= 15 is 0 Å². The maximum atomic E-state index is 4.62. The second-order valence-corrected chi connectivity index (χ2v) is 7.46. The maximum absolute atomic E-state index is 4.62. The molecule has 1 fully saturated rings. The van der Waals surface area contributed by atoms with Crippen molar-refractivity contribution in [1.82, 2.24) is 19.9 Å². The molecular formula is C23H27N5. The molecule has 1 unspecified atom stereocenters. The lowest BCUT2D eigenvalue weighted by Gasteiger charge is -2.16. The molecular weight excluding hydrogens is 346 g/mol. The van der Waals surface area contributed by atoms with Crippen molar-refractivity contribution < 1.29 is 0 Å². The van der Waals surface area contributed by atoms with Crippen LogP contribution in [0.2, 0.25) is 0 Å². The van der Waals surface area contributed by atoms with Gasteiger partial charge in [0.2, 0.25) is 5.95 Å². The average Bonchev–Trinajstić information content (AvgIpc) is 3.19. The summed E-state index contributed by atoms with van der Waals surface area (Å²) in [6.45, 7) is 8.09. The Hall–Kier alpha value is -2.79. The molecule has 3 aromatic rings. The molecule has 0 spiro atoms. The van der Waals surface area contributed by atoms with Gasteiger partial charge in [0.1, 0.15) is 0 Å². The van der Waals surface area contributed by atoms with Crippen LogP contribution >= 0.6 is 0 Å². The molecule has 5 heteroatoms. The Morgan fingerprint density at radius 1 is 1.11 bits per heavy atom. The number of likely N-dealkylation sites (tertiary alicyclic amines) is 1. The zero-order chi connectivity index (χ0) is 19.3. The number of hydrogen-bond acceptors (Lipinski definition) is 5. The Bertz CT molecular complexity index is 922. The SMILES string of the molecule is CCNc1ncc(CN2CCC(c3ccnc(-c4ccccc4C)c3)C2)cn1. The summed E-state index contributed by atoms with van der Waals surface area (Å²) in [5.74, 6) is 1.25. The number of benzene rings is 1. The van der Waals surface area contributed by atoms with E-state index in [-0.39, 0.29) is 0 Å². The van der Waals surface area contributed by atoms with Gasteiger partial charge in [0.05, 0.1) is 5.69 Å². The Kier molecular flexibility index (Phi) is 5.63. The molecule has 1 aromatic carbocycles. The van der Waals surface area contributed by atoms with E-state index in [1.807, 2.05) is 25.5 Å². The van der Waals surface area contributed by atoms with E-state index < -0.39 is 0 Å². The maximum Gasteiger partial charge on any atom is 0.222 e. The van der Waals surface area contributed by atoms with E-state index in [1.165, 1.54) is 23.1 Å². The van der Waals surface area contributed by atoms with Crippen molar-refractivity contribution in [2.45, 2.75) is 32.7 Å². The molecule has 1 saturated heterocycles. The molecule has 4 rings (SSSR count). The van der Waals surface area contributed by atoms with Crippen LogP contribution in [-0.4, -0.2) is 39.5 Å². The number of aryl methyl sites for hydroxylation is 1. The first-order valence-electron chi connectivity index (χ1n) is 10.0. The standard InChI is InChI=1S/C23H27N5/c1-3-24-23-26-13-18(14-27-23)15-28-11-9-20(16-28)19-8-10-25-22(12-19)21-7-5-4-6-17(21)2/h4-8,10,12-14,20H,3,9,11,15-16H2,1-2H3,(H,24,26,27). The number of pyridine rings is 1. The first-order valence-corrected chi connectivity index (χ1v) is 10.0. The molecule has 0 aliphatic carbocycles. The molecule has 3 heterocycles. The van der Waals surface area contributed by atoms with Crippen LogP contribution in [0, 0.1) is 6.92 Å². The van der Waals surface area contributed by atoms with Crippen LogP contribution in [0.4, 0.5) is 5.95 Å². The summed E-state index contributed by atoms with van der Waals surface area (Å²) in [5.41, 5.74) is 6.10. The fraction of sp³-hybridized carbons (Fsp3) is 0.348. The third-order valence-corrected chi connectivity index (χ3v) is 5.40. The van der Waals surface area contributed by atoms with Crippen molar-refractivity contribution in [1.29, 1.82) is 0 Å². The molecule has 0 radical (unpaired) electrons. The van der Waals surface area contributed by atoms with E-state index in [1.54, 1.807) is 0 Å². The smallest absolute Gasteiger partial charge is 0.222 e. The van der Waals surface area contributed by atoms with Crippen LogP contribution < -0.4 is 5.32 Å². The highest BCUT2D eigenvalue weighted by atomic mass is 15.1. The molecule has 144 valence electrons. The second-order valence-electron chi connectivity index (χ2n) is 7.46. The van der Waals surface area contributed by atoms with Gasteiger partial charge < -0.3 is 5.32 Å². The molecule has 0 amide bonds. The Morgan fingerprint density at radius 3 is 2.71 bits per heavy atom. The van der Waals surface area contributed by atoms with Crippen molar-refractivity contribution in [2.24, 2.45) is 0 Å². The quantitative estimate of drug-likeness (QED) is 0.699. The lowest BCUT2D eigenvalue weighted by atomic mass is 9.96. The summed E-state index contributed by atoms with van der Waals surface area (Å²) >= 11 is 0. The summed E-state index contributed by atoms with van der Waals surface area (Å²) in [5, 5.41) is 3.14. The fourth-order valence-electron chi connectivity index (χ4n) is 3.90. The Balaban J connectivity index is 1.43. The number of rotatable bonds is 6. The molecule has 1 atom stereocenters. The van der Waals surface area contributed by atoms with Gasteiger partial charge in [-0.05, 0) is 56.0 Å². The highest BCUT2D eigenvalue weighted by molar-refractivity contribution is 5.63. The second kappa shape index (κ2) is 8.48. The zero-order valence-corrected chi connectivity index (χ0v) is 16.6. The lowest BCUT2D eigenvalue weighted by molar-refractivity contribution is 0.326. The van der Waals surface area contributed by atoms with Crippen molar-refractivity contribution >= 4 is 5.95 Å². The Labute approximate surface area is 166 Å².